The molecule has 3 N–H and O–H groups in total. The van der Waals surface area contributed by atoms with Gasteiger partial charge < -0.3 is 15.6 Å². The normalized spacial score (nSPS) is 11.4. The molecule has 0 fully saturated rings. The Balaban J connectivity index is 1.60. The summed E-state index contributed by atoms with van der Waals surface area (Å²) < 4.78 is 38.8. The molecule has 2 aromatic carbocycles. The number of nitrogens with zero attached hydrogens (tertiary/aromatic N) is 1. The number of amides is 1. The van der Waals surface area contributed by atoms with Gasteiger partial charge in [0, 0.05) is 47.4 Å². The Morgan fingerprint density at radius 1 is 1.03 bits per heavy atom. The lowest BCUT2D eigenvalue weighted by Crippen LogP contribution is -2.13. The number of rotatable bonds is 5. The van der Waals surface area contributed by atoms with E-state index in [4.69, 9.17) is 0 Å². The summed E-state index contributed by atoms with van der Waals surface area (Å²) in [5.74, 6) is -0.501. The van der Waals surface area contributed by atoms with Crippen molar-refractivity contribution in [3.8, 4) is 0 Å². The summed E-state index contributed by atoms with van der Waals surface area (Å²) in [4.78, 5) is 19.9. The SMILES string of the molecule is O=C(Nc1cccc(C(F)(F)F)c1)c1c[nH]c2cccc(NCc3ccncc3)c12. The van der Waals surface area contributed by atoms with Crippen LogP contribution in [0.3, 0.4) is 0 Å². The maximum Gasteiger partial charge on any atom is 0.416 e. The zero-order valence-corrected chi connectivity index (χ0v) is 15.6. The highest BCUT2D eigenvalue weighted by Gasteiger charge is 2.30. The van der Waals surface area contributed by atoms with Crippen molar-refractivity contribution in [1.82, 2.24) is 9.97 Å². The number of alkyl halides is 3. The molecular weight excluding hydrogens is 393 g/mol. The number of halogens is 3. The largest absolute Gasteiger partial charge is 0.416 e. The molecule has 0 bridgehead atoms. The molecule has 152 valence electrons. The average molecular weight is 410 g/mol. The van der Waals surface area contributed by atoms with Crippen LogP contribution in [0, 0.1) is 0 Å². The van der Waals surface area contributed by atoms with Gasteiger partial charge in [-0.3, -0.25) is 9.78 Å². The number of pyridine rings is 1. The minimum absolute atomic E-state index is 0.0754. The molecule has 4 rings (SSSR count). The van der Waals surface area contributed by atoms with Crippen molar-refractivity contribution in [2.45, 2.75) is 12.7 Å². The highest BCUT2D eigenvalue weighted by Crippen LogP contribution is 2.31. The van der Waals surface area contributed by atoms with Gasteiger partial charge in [-0.2, -0.15) is 13.2 Å². The Morgan fingerprint density at radius 3 is 2.57 bits per heavy atom. The van der Waals surface area contributed by atoms with Gasteiger partial charge in [0.2, 0.25) is 0 Å². The van der Waals surface area contributed by atoms with Crippen molar-refractivity contribution in [2.24, 2.45) is 0 Å². The summed E-state index contributed by atoms with van der Waals surface area (Å²) in [6.45, 7) is 0.529. The summed E-state index contributed by atoms with van der Waals surface area (Å²) in [5.41, 5.74) is 2.08. The lowest BCUT2D eigenvalue weighted by atomic mass is 10.1. The van der Waals surface area contributed by atoms with Crippen LogP contribution < -0.4 is 10.6 Å². The van der Waals surface area contributed by atoms with Gasteiger partial charge in [-0.05, 0) is 48.0 Å². The zero-order valence-electron chi connectivity index (χ0n) is 15.6. The first-order chi connectivity index (χ1) is 14.4. The number of carbonyl (C=O) groups excluding carboxylic acids is 1. The van der Waals surface area contributed by atoms with E-state index in [0.717, 1.165) is 28.9 Å². The molecular formula is C22H17F3N4O. The number of benzene rings is 2. The molecule has 30 heavy (non-hydrogen) atoms. The summed E-state index contributed by atoms with van der Waals surface area (Å²) in [7, 11) is 0. The molecule has 0 aliphatic carbocycles. The number of hydrogen-bond donors (Lipinski definition) is 3. The first-order valence-corrected chi connectivity index (χ1v) is 9.13. The van der Waals surface area contributed by atoms with Crippen molar-refractivity contribution in [3.05, 3.63) is 89.9 Å². The summed E-state index contributed by atoms with van der Waals surface area (Å²) >= 11 is 0. The van der Waals surface area contributed by atoms with Crippen LogP contribution in [0.25, 0.3) is 10.9 Å². The third-order valence-electron chi connectivity index (χ3n) is 4.63. The Kier molecular flexibility index (Phi) is 5.14. The highest BCUT2D eigenvalue weighted by molar-refractivity contribution is 6.15. The van der Waals surface area contributed by atoms with Gasteiger partial charge >= 0.3 is 6.18 Å². The van der Waals surface area contributed by atoms with Gasteiger partial charge in [-0.1, -0.05) is 12.1 Å². The van der Waals surface area contributed by atoms with E-state index < -0.39 is 17.6 Å². The second kappa shape index (κ2) is 7.90. The standard InChI is InChI=1S/C22H17F3N4O/c23-22(24,25)15-3-1-4-16(11-15)29-21(30)17-13-28-19-6-2-5-18(20(17)19)27-12-14-7-9-26-10-8-14/h1-11,13,27-28H,12H2,(H,29,30). The van der Waals surface area contributed by atoms with Gasteiger partial charge in [0.15, 0.2) is 0 Å². The third-order valence-corrected chi connectivity index (χ3v) is 4.63. The Hall–Kier alpha value is -3.81. The number of carbonyl (C=O) groups is 1. The fraction of sp³-hybridized carbons (Fsp3) is 0.0909. The fourth-order valence-electron chi connectivity index (χ4n) is 3.18. The quantitative estimate of drug-likeness (QED) is 0.410. The lowest BCUT2D eigenvalue weighted by molar-refractivity contribution is -0.137. The van der Waals surface area contributed by atoms with Crippen LogP contribution in [0.2, 0.25) is 0 Å². The summed E-state index contributed by atoms with van der Waals surface area (Å²) in [6, 6.07) is 13.8. The Morgan fingerprint density at radius 2 is 1.80 bits per heavy atom. The van der Waals surface area contributed by atoms with Crippen LogP contribution in [-0.2, 0) is 12.7 Å². The summed E-state index contributed by atoms with van der Waals surface area (Å²) in [6.07, 6.45) is 0.459. The molecule has 0 atom stereocenters. The predicted octanol–water partition coefficient (Wildman–Crippen LogP) is 5.45. The average Bonchev–Trinajstić information content (AvgIpc) is 3.17. The molecule has 2 aromatic heterocycles. The van der Waals surface area contributed by atoms with E-state index >= 15 is 0 Å². The molecule has 1 amide bonds. The van der Waals surface area contributed by atoms with E-state index in [1.54, 1.807) is 18.6 Å². The van der Waals surface area contributed by atoms with Gasteiger partial charge in [0.1, 0.15) is 0 Å². The first-order valence-electron chi connectivity index (χ1n) is 9.13. The molecule has 0 unspecified atom stereocenters. The van der Waals surface area contributed by atoms with Crippen molar-refractivity contribution in [2.75, 3.05) is 10.6 Å². The third kappa shape index (κ3) is 4.12. The predicted molar refractivity (Wildman–Crippen MR) is 109 cm³/mol. The molecule has 4 aromatic rings. The van der Waals surface area contributed by atoms with Crippen molar-refractivity contribution in [1.29, 1.82) is 0 Å². The first kappa shape index (κ1) is 19.5. The maximum absolute atomic E-state index is 12.9. The fourth-order valence-corrected chi connectivity index (χ4v) is 3.18. The number of aromatic nitrogens is 2. The Labute approximate surface area is 170 Å². The number of anilines is 2. The molecule has 0 saturated carbocycles. The number of nitrogens with one attached hydrogen (secondary N) is 3. The molecule has 0 aliphatic rings. The Bertz CT molecular complexity index is 1190. The molecule has 0 spiro atoms. The second-order valence-electron chi connectivity index (χ2n) is 6.67. The molecule has 0 aliphatic heterocycles. The molecule has 0 radical (unpaired) electrons. The number of H-pyrrole nitrogens is 1. The van der Waals surface area contributed by atoms with Crippen molar-refractivity contribution < 1.29 is 18.0 Å². The van der Waals surface area contributed by atoms with Gasteiger partial charge in [-0.15, -0.1) is 0 Å². The highest BCUT2D eigenvalue weighted by atomic mass is 19.4. The van der Waals surface area contributed by atoms with E-state index in [2.05, 4.69) is 20.6 Å². The van der Waals surface area contributed by atoms with Crippen LogP contribution in [0.5, 0.6) is 0 Å². The topological polar surface area (TPSA) is 69.8 Å². The van der Waals surface area contributed by atoms with Gasteiger partial charge in [0.25, 0.3) is 5.91 Å². The van der Waals surface area contributed by atoms with E-state index in [1.807, 2.05) is 30.3 Å². The van der Waals surface area contributed by atoms with Crippen LogP contribution in [-0.4, -0.2) is 15.9 Å². The van der Waals surface area contributed by atoms with Crippen LogP contribution in [0.15, 0.2) is 73.2 Å². The maximum atomic E-state index is 12.9. The van der Waals surface area contributed by atoms with Crippen LogP contribution in [0.1, 0.15) is 21.5 Å². The molecule has 2 heterocycles. The lowest BCUT2D eigenvalue weighted by Gasteiger charge is -2.11. The molecule has 8 heteroatoms. The van der Waals surface area contributed by atoms with Gasteiger partial charge in [0.05, 0.1) is 11.1 Å². The van der Waals surface area contributed by atoms with E-state index in [1.165, 1.54) is 12.1 Å². The molecule has 0 saturated heterocycles. The second-order valence-corrected chi connectivity index (χ2v) is 6.67. The zero-order chi connectivity index (χ0) is 21.1. The van der Waals surface area contributed by atoms with E-state index in [0.29, 0.717) is 17.5 Å². The van der Waals surface area contributed by atoms with Crippen LogP contribution in [0.4, 0.5) is 24.5 Å². The van der Waals surface area contributed by atoms with Crippen molar-refractivity contribution in [3.63, 3.8) is 0 Å². The molecule has 5 nitrogen and oxygen atoms in total. The van der Waals surface area contributed by atoms with Crippen LogP contribution >= 0.6 is 0 Å². The number of hydrogen-bond acceptors (Lipinski definition) is 3. The smallest absolute Gasteiger partial charge is 0.380 e. The number of fused-ring (bicyclic) bond motifs is 1. The van der Waals surface area contributed by atoms with E-state index in [9.17, 15) is 18.0 Å². The minimum Gasteiger partial charge on any atom is -0.380 e. The van der Waals surface area contributed by atoms with Gasteiger partial charge in [-0.25, -0.2) is 0 Å². The van der Waals surface area contributed by atoms with Crippen molar-refractivity contribution >= 4 is 28.2 Å². The minimum atomic E-state index is -4.48. The monoisotopic (exact) mass is 410 g/mol. The summed E-state index contributed by atoms with van der Waals surface area (Å²) in [5, 5.41) is 6.52. The van der Waals surface area contributed by atoms with E-state index in [-0.39, 0.29) is 5.69 Å². The number of aromatic amines is 1.